The zero-order valence-electron chi connectivity index (χ0n) is 13.7. The van der Waals surface area contributed by atoms with Crippen LogP contribution in [0.3, 0.4) is 0 Å². The molecule has 0 saturated heterocycles. The largest absolute Gasteiger partial charge is 0.497 e. The summed E-state index contributed by atoms with van der Waals surface area (Å²) >= 11 is 0. The van der Waals surface area contributed by atoms with Crippen LogP contribution in [0.1, 0.15) is 25.0 Å². The minimum atomic E-state index is 0.0225. The number of nitrogens with two attached hydrogens (primary N) is 1. The predicted octanol–water partition coefficient (Wildman–Crippen LogP) is 2.87. The van der Waals surface area contributed by atoms with E-state index in [4.69, 9.17) is 19.9 Å². The van der Waals surface area contributed by atoms with Gasteiger partial charge in [-0.25, -0.2) is 4.98 Å². The molecule has 0 spiro atoms. The van der Waals surface area contributed by atoms with Crippen molar-refractivity contribution in [2.75, 3.05) is 20.0 Å². The zero-order chi connectivity index (χ0) is 16.8. The number of anilines is 1. The first-order valence-electron chi connectivity index (χ1n) is 7.19. The minimum absolute atomic E-state index is 0.0225. The molecule has 0 bridgehead atoms. The summed E-state index contributed by atoms with van der Waals surface area (Å²) in [5, 5.41) is 0. The van der Waals surface area contributed by atoms with Gasteiger partial charge >= 0.3 is 0 Å². The van der Waals surface area contributed by atoms with Crippen molar-refractivity contribution < 1.29 is 14.2 Å². The summed E-state index contributed by atoms with van der Waals surface area (Å²) in [6, 6.07) is 7.14. The van der Waals surface area contributed by atoms with Gasteiger partial charge in [-0.05, 0) is 26.0 Å². The lowest BCUT2D eigenvalue weighted by Gasteiger charge is -2.11. The molecule has 0 fully saturated rings. The van der Waals surface area contributed by atoms with E-state index in [1.807, 2.05) is 26.0 Å². The van der Waals surface area contributed by atoms with Crippen molar-refractivity contribution in [2.24, 2.45) is 0 Å². The Labute approximate surface area is 136 Å². The van der Waals surface area contributed by atoms with Crippen LogP contribution in [-0.4, -0.2) is 25.3 Å². The van der Waals surface area contributed by atoms with E-state index in [9.17, 15) is 0 Å². The molecule has 0 aliphatic heterocycles. The number of aromatic nitrogens is 1. The molecule has 2 rings (SSSR count). The second-order valence-corrected chi connectivity index (χ2v) is 5.12. The van der Waals surface area contributed by atoms with Gasteiger partial charge in [-0.2, -0.15) is 0 Å². The maximum Gasteiger partial charge on any atom is 0.140 e. The molecule has 0 amide bonds. The van der Waals surface area contributed by atoms with Gasteiger partial charge in [0.1, 0.15) is 23.1 Å². The fourth-order valence-corrected chi connectivity index (χ4v) is 1.92. The lowest BCUT2D eigenvalue weighted by Crippen LogP contribution is -2.07. The Morgan fingerprint density at radius 3 is 2.22 bits per heavy atom. The average Bonchev–Trinajstić information content (AvgIpc) is 2.53. The normalized spacial score (nSPS) is 9.96. The highest BCUT2D eigenvalue weighted by Gasteiger charge is 2.06. The van der Waals surface area contributed by atoms with Crippen molar-refractivity contribution in [3.8, 4) is 29.1 Å². The van der Waals surface area contributed by atoms with E-state index in [-0.39, 0.29) is 6.10 Å². The minimum Gasteiger partial charge on any atom is -0.497 e. The van der Waals surface area contributed by atoms with E-state index in [1.54, 1.807) is 32.5 Å². The number of rotatable bonds is 4. The van der Waals surface area contributed by atoms with Gasteiger partial charge in [-0.15, -0.1) is 0 Å². The summed E-state index contributed by atoms with van der Waals surface area (Å²) in [6.07, 6.45) is 1.63. The van der Waals surface area contributed by atoms with Crippen LogP contribution in [0.15, 0.2) is 30.5 Å². The van der Waals surface area contributed by atoms with Crippen molar-refractivity contribution in [1.29, 1.82) is 0 Å². The van der Waals surface area contributed by atoms with Gasteiger partial charge in [-0.1, -0.05) is 11.8 Å². The number of nitrogens with zero attached hydrogens (tertiary/aromatic N) is 1. The third-order valence-electron chi connectivity index (χ3n) is 2.94. The van der Waals surface area contributed by atoms with Crippen LogP contribution < -0.4 is 19.9 Å². The summed E-state index contributed by atoms with van der Waals surface area (Å²) in [7, 11) is 3.20. The molecule has 0 aliphatic carbocycles. The fourth-order valence-electron chi connectivity index (χ4n) is 1.92. The zero-order valence-corrected chi connectivity index (χ0v) is 13.7. The summed E-state index contributed by atoms with van der Waals surface area (Å²) in [5.74, 6) is 8.52. The van der Waals surface area contributed by atoms with Gasteiger partial charge in [0.2, 0.25) is 0 Å². The molecule has 1 aromatic carbocycles. The Hall–Kier alpha value is -2.87. The number of hydrogen-bond donors (Lipinski definition) is 1. The average molecular weight is 312 g/mol. The van der Waals surface area contributed by atoms with E-state index in [1.165, 1.54) is 0 Å². The van der Waals surface area contributed by atoms with Gasteiger partial charge in [0, 0.05) is 23.9 Å². The second-order valence-electron chi connectivity index (χ2n) is 5.12. The van der Waals surface area contributed by atoms with Crippen molar-refractivity contribution in [2.45, 2.75) is 20.0 Å². The molecule has 2 aromatic rings. The van der Waals surface area contributed by atoms with E-state index in [2.05, 4.69) is 16.8 Å². The van der Waals surface area contributed by atoms with Gasteiger partial charge in [0.25, 0.3) is 0 Å². The highest BCUT2D eigenvalue weighted by Crippen LogP contribution is 2.23. The highest BCUT2D eigenvalue weighted by molar-refractivity contribution is 5.54. The topological polar surface area (TPSA) is 66.6 Å². The molecular formula is C18H20N2O3. The Balaban J connectivity index is 2.38. The molecule has 23 heavy (non-hydrogen) atoms. The molecule has 5 heteroatoms. The third kappa shape index (κ3) is 4.55. The third-order valence-corrected chi connectivity index (χ3v) is 2.94. The Morgan fingerprint density at radius 2 is 1.65 bits per heavy atom. The second kappa shape index (κ2) is 7.41. The smallest absolute Gasteiger partial charge is 0.140 e. The Morgan fingerprint density at radius 1 is 1.00 bits per heavy atom. The molecule has 0 radical (unpaired) electrons. The predicted molar refractivity (Wildman–Crippen MR) is 89.9 cm³/mol. The summed E-state index contributed by atoms with van der Waals surface area (Å²) in [6.45, 7) is 3.89. The molecule has 0 unspecified atom stereocenters. The highest BCUT2D eigenvalue weighted by atomic mass is 16.5. The van der Waals surface area contributed by atoms with Crippen molar-refractivity contribution >= 4 is 5.82 Å². The Kier molecular flexibility index (Phi) is 5.32. The molecule has 0 aliphatic rings. The van der Waals surface area contributed by atoms with Gasteiger partial charge < -0.3 is 19.9 Å². The first-order valence-corrected chi connectivity index (χ1v) is 7.19. The first kappa shape index (κ1) is 16.5. The van der Waals surface area contributed by atoms with Gasteiger partial charge in [0.05, 0.1) is 25.9 Å². The fraction of sp³-hybridized carbons (Fsp3) is 0.278. The SMILES string of the molecule is COc1cc(C#Cc2cnc(N)cc2OC(C)C)cc(OC)c1. The number of nitrogen functional groups attached to an aromatic ring is 1. The van der Waals surface area contributed by atoms with Crippen molar-refractivity contribution in [3.05, 3.63) is 41.6 Å². The van der Waals surface area contributed by atoms with Crippen LogP contribution in [0.4, 0.5) is 5.82 Å². The first-order chi connectivity index (χ1) is 11.0. The van der Waals surface area contributed by atoms with Crippen LogP contribution in [0.25, 0.3) is 0 Å². The van der Waals surface area contributed by atoms with E-state index >= 15 is 0 Å². The number of benzene rings is 1. The van der Waals surface area contributed by atoms with Crippen LogP contribution in [0, 0.1) is 11.8 Å². The van der Waals surface area contributed by atoms with Crippen molar-refractivity contribution in [3.63, 3.8) is 0 Å². The van der Waals surface area contributed by atoms with E-state index in [0.717, 1.165) is 5.56 Å². The maximum absolute atomic E-state index is 5.73. The molecule has 0 saturated carbocycles. The quantitative estimate of drug-likeness (QED) is 0.879. The van der Waals surface area contributed by atoms with Gasteiger partial charge in [0.15, 0.2) is 0 Å². The summed E-state index contributed by atoms with van der Waals surface area (Å²) in [4.78, 5) is 4.07. The lowest BCUT2D eigenvalue weighted by atomic mass is 10.1. The van der Waals surface area contributed by atoms with Crippen molar-refractivity contribution in [1.82, 2.24) is 4.98 Å². The Bertz CT molecular complexity index is 723. The van der Waals surface area contributed by atoms with E-state index < -0.39 is 0 Å². The molecule has 2 N–H and O–H groups in total. The van der Waals surface area contributed by atoms with Gasteiger partial charge in [-0.3, -0.25) is 0 Å². The molecular weight excluding hydrogens is 292 g/mol. The standard InChI is InChI=1S/C18H20N2O3/c1-12(2)23-17-10-18(19)20-11-14(17)6-5-13-7-15(21-3)9-16(8-13)22-4/h7-12H,1-4H3,(H2,19,20). The molecule has 0 atom stereocenters. The number of methoxy groups -OCH3 is 2. The van der Waals surface area contributed by atoms with Crippen LogP contribution >= 0.6 is 0 Å². The van der Waals surface area contributed by atoms with Crippen LogP contribution in [0.2, 0.25) is 0 Å². The summed E-state index contributed by atoms with van der Waals surface area (Å²) < 4.78 is 16.2. The molecule has 1 aromatic heterocycles. The summed E-state index contributed by atoms with van der Waals surface area (Å²) in [5.41, 5.74) is 7.16. The number of hydrogen-bond acceptors (Lipinski definition) is 5. The van der Waals surface area contributed by atoms with Crippen LogP contribution in [-0.2, 0) is 0 Å². The maximum atomic E-state index is 5.73. The lowest BCUT2D eigenvalue weighted by molar-refractivity contribution is 0.241. The molecule has 1 heterocycles. The van der Waals surface area contributed by atoms with Crippen LogP contribution in [0.5, 0.6) is 17.2 Å². The molecule has 5 nitrogen and oxygen atoms in total. The monoisotopic (exact) mass is 312 g/mol. The molecule has 120 valence electrons. The number of ether oxygens (including phenoxy) is 3. The number of pyridine rings is 1. The van der Waals surface area contributed by atoms with E-state index in [0.29, 0.717) is 28.6 Å².